The predicted octanol–water partition coefficient (Wildman–Crippen LogP) is 4.10. The summed E-state index contributed by atoms with van der Waals surface area (Å²) in [6.45, 7) is 4.80. The molecule has 1 aromatic heterocycles. The van der Waals surface area contributed by atoms with Crippen LogP contribution in [-0.4, -0.2) is 70.6 Å². The molecule has 0 bridgehead atoms. The summed E-state index contributed by atoms with van der Waals surface area (Å²) < 4.78 is 1.98. The average Bonchev–Trinajstić information content (AvgIpc) is 3.31. The average molecular weight is 516 g/mol. The fourth-order valence-electron chi connectivity index (χ4n) is 5.30. The topological polar surface area (TPSA) is 73.6 Å². The first-order valence-electron chi connectivity index (χ1n) is 12.3. The van der Waals surface area contributed by atoms with Crippen LogP contribution in [0.5, 0.6) is 0 Å². The summed E-state index contributed by atoms with van der Waals surface area (Å²) in [6, 6.07) is 11.4. The number of hydrogen-bond donors (Lipinski definition) is 2. The Hall–Kier alpha value is -2.32. The summed E-state index contributed by atoms with van der Waals surface area (Å²) in [5.74, 6) is 0.116. The van der Waals surface area contributed by atoms with Gasteiger partial charge in [0.1, 0.15) is 0 Å². The van der Waals surface area contributed by atoms with Crippen molar-refractivity contribution >= 4 is 45.7 Å². The molecule has 2 aromatic carbocycles. The zero-order valence-electron chi connectivity index (χ0n) is 19.8. The number of rotatable bonds is 5. The lowest BCUT2D eigenvalue weighted by Gasteiger charge is -2.43. The molecule has 3 aromatic rings. The van der Waals surface area contributed by atoms with Gasteiger partial charge in [0.15, 0.2) is 0 Å². The number of halogens is 2. The van der Waals surface area contributed by atoms with E-state index in [0.29, 0.717) is 29.7 Å². The zero-order chi connectivity index (χ0) is 24.5. The van der Waals surface area contributed by atoms with Gasteiger partial charge in [0.2, 0.25) is 5.91 Å². The Bertz CT molecular complexity index is 1210. The molecule has 2 saturated heterocycles. The Labute approximate surface area is 215 Å². The summed E-state index contributed by atoms with van der Waals surface area (Å²) in [6.07, 6.45) is 4.92. The molecule has 5 rings (SSSR count). The number of aliphatic hydroxyl groups is 1. The molecule has 1 amide bonds. The maximum Gasteiger partial charge on any atom is 0.240 e. The third kappa shape index (κ3) is 4.87. The van der Waals surface area contributed by atoms with Crippen LogP contribution in [0, 0.1) is 0 Å². The van der Waals surface area contributed by atoms with E-state index in [-0.39, 0.29) is 30.6 Å². The summed E-state index contributed by atoms with van der Waals surface area (Å²) in [5.41, 5.74) is 3.01. The minimum atomic E-state index is -0.229. The van der Waals surface area contributed by atoms with Crippen molar-refractivity contribution in [2.24, 2.45) is 0 Å². The molecule has 0 saturated carbocycles. The van der Waals surface area contributed by atoms with Crippen molar-refractivity contribution < 1.29 is 9.90 Å². The molecule has 2 aliphatic heterocycles. The van der Waals surface area contributed by atoms with Crippen LogP contribution in [0.4, 0.5) is 5.69 Å². The zero-order valence-corrected chi connectivity index (χ0v) is 21.3. The molecule has 0 spiro atoms. The molecule has 2 fully saturated rings. The van der Waals surface area contributed by atoms with E-state index in [1.807, 2.05) is 27.9 Å². The second-order valence-electron chi connectivity index (χ2n) is 9.49. The highest BCUT2D eigenvalue weighted by Crippen LogP contribution is 2.32. The van der Waals surface area contributed by atoms with E-state index in [2.05, 4.69) is 40.4 Å². The molecule has 2 N–H and O–H groups in total. The van der Waals surface area contributed by atoms with Gasteiger partial charge in [-0.05, 0) is 62.2 Å². The number of aliphatic hydroxyl groups excluding tert-OH is 1. The number of benzene rings is 2. The largest absolute Gasteiger partial charge is 0.394 e. The quantitative estimate of drug-likeness (QED) is 0.534. The van der Waals surface area contributed by atoms with Gasteiger partial charge in [-0.1, -0.05) is 35.7 Å². The highest BCUT2D eigenvalue weighted by molar-refractivity contribution is 6.35. The summed E-state index contributed by atoms with van der Waals surface area (Å²) in [5, 5.41) is 20.4. The van der Waals surface area contributed by atoms with Crippen molar-refractivity contribution in [2.45, 2.75) is 44.3 Å². The first-order chi connectivity index (χ1) is 17.0. The molecule has 3 heterocycles. The van der Waals surface area contributed by atoms with Gasteiger partial charge in [0.25, 0.3) is 0 Å². The third-order valence-electron chi connectivity index (χ3n) is 7.31. The molecule has 3 atom stereocenters. The molecule has 0 aliphatic carbocycles. The fraction of sp³-hybridized carbons (Fsp3) is 0.462. The van der Waals surface area contributed by atoms with Gasteiger partial charge in [0, 0.05) is 40.8 Å². The smallest absolute Gasteiger partial charge is 0.240 e. The number of nitrogens with one attached hydrogen (secondary N) is 1. The summed E-state index contributed by atoms with van der Waals surface area (Å²) in [7, 11) is 0. The van der Waals surface area contributed by atoms with Crippen LogP contribution in [0.1, 0.15) is 37.8 Å². The normalized spacial score (nSPS) is 21.9. The molecule has 0 radical (unpaired) electrons. The second-order valence-corrected chi connectivity index (χ2v) is 10.3. The van der Waals surface area contributed by atoms with Crippen molar-refractivity contribution in [3.8, 4) is 0 Å². The van der Waals surface area contributed by atoms with Crippen LogP contribution in [0.2, 0.25) is 10.0 Å². The van der Waals surface area contributed by atoms with Crippen LogP contribution < -0.4 is 10.2 Å². The van der Waals surface area contributed by atoms with E-state index < -0.39 is 0 Å². The van der Waals surface area contributed by atoms with E-state index in [1.54, 1.807) is 6.07 Å². The number of fused-ring (bicyclic) bond motifs is 1. The predicted molar refractivity (Wildman–Crippen MR) is 140 cm³/mol. The molecule has 7 nitrogen and oxygen atoms in total. The number of carbonyl (C=O) groups excluding carboxylic acids is 1. The minimum Gasteiger partial charge on any atom is -0.394 e. The lowest BCUT2D eigenvalue weighted by Crippen LogP contribution is -2.60. The Morgan fingerprint density at radius 2 is 2.06 bits per heavy atom. The number of hydrogen-bond acceptors (Lipinski definition) is 5. The molecule has 2 unspecified atom stereocenters. The fourth-order valence-corrected chi connectivity index (χ4v) is 5.87. The van der Waals surface area contributed by atoms with Gasteiger partial charge >= 0.3 is 0 Å². The number of piperazine rings is 1. The maximum atomic E-state index is 13.1. The second kappa shape index (κ2) is 10.3. The van der Waals surface area contributed by atoms with Crippen LogP contribution in [-0.2, 0) is 4.79 Å². The van der Waals surface area contributed by atoms with Crippen LogP contribution >= 0.6 is 23.2 Å². The number of aromatic nitrogens is 2. The number of piperidine rings is 1. The summed E-state index contributed by atoms with van der Waals surface area (Å²) >= 11 is 12.6. The number of nitrogens with zero attached hydrogens (tertiary/aromatic N) is 4. The first-order valence-corrected chi connectivity index (χ1v) is 13.0. The van der Waals surface area contributed by atoms with Gasteiger partial charge < -0.3 is 20.2 Å². The van der Waals surface area contributed by atoms with Crippen LogP contribution in [0.3, 0.4) is 0 Å². The Morgan fingerprint density at radius 1 is 1.20 bits per heavy atom. The number of anilines is 1. The van der Waals surface area contributed by atoms with Crippen molar-refractivity contribution in [1.82, 2.24) is 20.0 Å². The SMILES string of the molecule is CC(c1ccc(Cl)cc1Cl)n1ncc2ccc(N3CCN(C(=O)C4CCCCN4)[C@H](CO)C3)cc21. The summed E-state index contributed by atoms with van der Waals surface area (Å²) in [4.78, 5) is 17.2. The molecular weight excluding hydrogens is 485 g/mol. The van der Waals surface area contributed by atoms with Gasteiger partial charge in [-0.3, -0.25) is 9.48 Å². The number of amides is 1. The third-order valence-corrected chi connectivity index (χ3v) is 7.87. The molecule has 35 heavy (non-hydrogen) atoms. The lowest BCUT2D eigenvalue weighted by atomic mass is 10.0. The van der Waals surface area contributed by atoms with E-state index >= 15 is 0 Å². The lowest BCUT2D eigenvalue weighted by molar-refractivity contribution is -0.137. The van der Waals surface area contributed by atoms with Crippen molar-refractivity contribution in [1.29, 1.82) is 0 Å². The van der Waals surface area contributed by atoms with Gasteiger partial charge in [0.05, 0.1) is 36.4 Å². The van der Waals surface area contributed by atoms with E-state index in [0.717, 1.165) is 48.0 Å². The minimum absolute atomic E-state index is 0.0543. The number of carbonyl (C=O) groups is 1. The van der Waals surface area contributed by atoms with Crippen LogP contribution in [0.15, 0.2) is 42.6 Å². The maximum absolute atomic E-state index is 13.1. The van der Waals surface area contributed by atoms with Crippen molar-refractivity contribution in [3.05, 3.63) is 58.2 Å². The standard InChI is InChI=1S/C26H31Cl2N5O2/c1-17(22-8-6-19(27)12-23(22)28)33-25-13-20(7-5-18(25)14-30-33)31-10-11-32(21(15-31)16-34)26(35)24-4-2-3-9-29-24/h5-8,12-14,17,21,24,29,34H,2-4,9-11,15-16H2,1H3/t17?,21-,24?/m0/s1. The van der Waals surface area contributed by atoms with Gasteiger partial charge in [-0.15, -0.1) is 0 Å². The van der Waals surface area contributed by atoms with Crippen molar-refractivity contribution in [2.75, 3.05) is 37.7 Å². The highest BCUT2D eigenvalue weighted by Gasteiger charge is 2.34. The van der Waals surface area contributed by atoms with E-state index in [4.69, 9.17) is 23.2 Å². The monoisotopic (exact) mass is 515 g/mol. The van der Waals surface area contributed by atoms with Crippen molar-refractivity contribution in [3.63, 3.8) is 0 Å². The highest BCUT2D eigenvalue weighted by atomic mass is 35.5. The molecule has 9 heteroatoms. The van der Waals surface area contributed by atoms with Gasteiger partial charge in [-0.25, -0.2) is 0 Å². The Morgan fingerprint density at radius 3 is 2.80 bits per heavy atom. The molecular formula is C26H31Cl2N5O2. The van der Waals surface area contributed by atoms with E-state index in [1.165, 1.54) is 0 Å². The van der Waals surface area contributed by atoms with Crippen LogP contribution in [0.25, 0.3) is 10.9 Å². The molecule has 186 valence electrons. The van der Waals surface area contributed by atoms with Gasteiger partial charge in [-0.2, -0.15) is 5.10 Å². The Balaban J connectivity index is 1.37. The Kier molecular flexibility index (Phi) is 7.21. The van der Waals surface area contributed by atoms with E-state index in [9.17, 15) is 9.90 Å². The first kappa shape index (κ1) is 24.4. The molecule has 2 aliphatic rings.